The van der Waals surface area contributed by atoms with Crippen LogP contribution in [0.5, 0.6) is 11.5 Å². The van der Waals surface area contributed by atoms with E-state index in [-0.39, 0.29) is 11.9 Å². The number of rotatable bonds is 9. The molecule has 0 aliphatic rings. The first-order valence-electron chi connectivity index (χ1n) is 9.35. The fourth-order valence-electron chi connectivity index (χ4n) is 2.96. The standard InChI is InChI=1S/C21H28N2O4S/c1-5-9-16(2)22-21(24)17(3)23(28(4,25)26)18-12-14-20(15-13-18)27-19-10-7-6-8-11-19/h6-8,10-17H,5,9H2,1-4H3,(H,22,24)/t16-,17+/m0/s1. The van der Waals surface area contributed by atoms with Crippen molar-refractivity contribution in [3.63, 3.8) is 0 Å². The number of benzene rings is 2. The lowest BCUT2D eigenvalue weighted by molar-refractivity contribution is -0.122. The highest BCUT2D eigenvalue weighted by Gasteiger charge is 2.29. The van der Waals surface area contributed by atoms with Crippen molar-refractivity contribution < 1.29 is 17.9 Å². The van der Waals surface area contributed by atoms with Crippen LogP contribution in [-0.2, 0) is 14.8 Å². The SMILES string of the molecule is CCC[C@H](C)NC(=O)[C@@H](C)N(c1ccc(Oc2ccccc2)cc1)S(C)(=O)=O. The predicted octanol–water partition coefficient (Wildman–Crippen LogP) is 3.94. The molecular weight excluding hydrogens is 376 g/mol. The van der Waals surface area contributed by atoms with Gasteiger partial charge in [0.05, 0.1) is 11.9 Å². The highest BCUT2D eigenvalue weighted by molar-refractivity contribution is 7.92. The van der Waals surface area contributed by atoms with Crippen LogP contribution in [0.2, 0.25) is 0 Å². The minimum absolute atomic E-state index is 0.0111. The molecule has 2 aromatic carbocycles. The molecule has 1 amide bonds. The largest absolute Gasteiger partial charge is 0.457 e. The summed E-state index contributed by atoms with van der Waals surface area (Å²) < 4.78 is 31.6. The number of hydrogen-bond donors (Lipinski definition) is 1. The molecule has 28 heavy (non-hydrogen) atoms. The number of hydrogen-bond acceptors (Lipinski definition) is 4. The van der Waals surface area contributed by atoms with Gasteiger partial charge in [-0.3, -0.25) is 9.10 Å². The number of ether oxygens (including phenoxy) is 1. The van der Waals surface area contributed by atoms with Gasteiger partial charge in [-0.1, -0.05) is 31.5 Å². The second kappa shape index (κ2) is 9.59. The highest BCUT2D eigenvalue weighted by Crippen LogP contribution is 2.27. The summed E-state index contributed by atoms with van der Waals surface area (Å²) in [5, 5.41) is 2.88. The van der Waals surface area contributed by atoms with Crippen LogP contribution in [0.3, 0.4) is 0 Å². The molecule has 0 heterocycles. The summed E-state index contributed by atoms with van der Waals surface area (Å²) in [4.78, 5) is 12.6. The molecule has 0 radical (unpaired) electrons. The zero-order valence-electron chi connectivity index (χ0n) is 16.8. The molecule has 2 rings (SSSR count). The fraction of sp³-hybridized carbons (Fsp3) is 0.381. The number of carbonyl (C=O) groups is 1. The van der Waals surface area contributed by atoms with Crippen molar-refractivity contribution in [1.82, 2.24) is 5.32 Å². The number of nitrogens with one attached hydrogen (secondary N) is 1. The molecule has 0 aromatic heterocycles. The molecule has 0 saturated carbocycles. The van der Waals surface area contributed by atoms with Crippen molar-refractivity contribution >= 4 is 21.6 Å². The number of nitrogens with zero attached hydrogens (tertiary/aromatic N) is 1. The molecule has 0 unspecified atom stereocenters. The third-order valence-corrected chi connectivity index (χ3v) is 5.51. The quantitative estimate of drug-likeness (QED) is 0.687. The summed E-state index contributed by atoms with van der Waals surface area (Å²) in [6.07, 6.45) is 2.87. The smallest absolute Gasteiger partial charge is 0.243 e. The first-order valence-corrected chi connectivity index (χ1v) is 11.2. The molecule has 0 aliphatic carbocycles. The average Bonchev–Trinajstić information content (AvgIpc) is 2.63. The van der Waals surface area contributed by atoms with E-state index in [9.17, 15) is 13.2 Å². The number of para-hydroxylation sites is 1. The third kappa shape index (κ3) is 5.99. The third-order valence-electron chi connectivity index (χ3n) is 4.27. The minimum Gasteiger partial charge on any atom is -0.457 e. The molecule has 0 fully saturated rings. The molecule has 0 aliphatic heterocycles. The van der Waals surface area contributed by atoms with Crippen LogP contribution in [0.15, 0.2) is 54.6 Å². The maximum Gasteiger partial charge on any atom is 0.243 e. The van der Waals surface area contributed by atoms with Gasteiger partial charge < -0.3 is 10.1 Å². The van der Waals surface area contributed by atoms with Crippen molar-refractivity contribution in [3.05, 3.63) is 54.6 Å². The Morgan fingerprint density at radius 3 is 2.14 bits per heavy atom. The van der Waals surface area contributed by atoms with E-state index in [2.05, 4.69) is 5.32 Å². The van der Waals surface area contributed by atoms with Crippen molar-refractivity contribution in [1.29, 1.82) is 0 Å². The lowest BCUT2D eigenvalue weighted by Crippen LogP contribution is -2.49. The maximum atomic E-state index is 12.6. The first-order chi connectivity index (χ1) is 13.2. The second-order valence-corrected chi connectivity index (χ2v) is 8.70. The number of amides is 1. The Labute approximate surface area is 167 Å². The van der Waals surface area contributed by atoms with Gasteiger partial charge in [-0.15, -0.1) is 0 Å². The van der Waals surface area contributed by atoms with Gasteiger partial charge >= 0.3 is 0 Å². The van der Waals surface area contributed by atoms with E-state index in [1.54, 1.807) is 31.2 Å². The Hall–Kier alpha value is -2.54. The van der Waals surface area contributed by atoms with Gasteiger partial charge in [0.25, 0.3) is 0 Å². The molecule has 1 N–H and O–H groups in total. The summed E-state index contributed by atoms with van der Waals surface area (Å²) in [6, 6.07) is 15.1. The summed E-state index contributed by atoms with van der Waals surface area (Å²) in [5.41, 5.74) is 0.411. The van der Waals surface area contributed by atoms with E-state index in [0.717, 1.165) is 23.4 Å². The van der Waals surface area contributed by atoms with Crippen LogP contribution < -0.4 is 14.4 Å². The molecule has 152 valence electrons. The molecule has 0 bridgehead atoms. The van der Waals surface area contributed by atoms with Crippen LogP contribution in [0.25, 0.3) is 0 Å². The van der Waals surface area contributed by atoms with Crippen molar-refractivity contribution in [2.45, 2.75) is 45.7 Å². The topological polar surface area (TPSA) is 75.7 Å². The maximum absolute atomic E-state index is 12.6. The van der Waals surface area contributed by atoms with Gasteiger partial charge in [-0.25, -0.2) is 8.42 Å². The monoisotopic (exact) mass is 404 g/mol. The van der Waals surface area contributed by atoms with Gasteiger partial charge in [-0.05, 0) is 56.7 Å². The molecule has 2 atom stereocenters. The lowest BCUT2D eigenvalue weighted by Gasteiger charge is -2.29. The highest BCUT2D eigenvalue weighted by atomic mass is 32.2. The number of anilines is 1. The van der Waals surface area contributed by atoms with Crippen LogP contribution in [0.1, 0.15) is 33.6 Å². The predicted molar refractivity (Wildman–Crippen MR) is 112 cm³/mol. The van der Waals surface area contributed by atoms with Crippen LogP contribution >= 0.6 is 0 Å². The van der Waals surface area contributed by atoms with Gasteiger partial charge in [0.1, 0.15) is 17.5 Å². The molecular formula is C21H28N2O4S. The fourth-order valence-corrected chi connectivity index (χ4v) is 4.14. The first kappa shape index (κ1) is 21.8. The molecule has 0 saturated heterocycles. The summed E-state index contributed by atoms with van der Waals surface area (Å²) >= 11 is 0. The molecule has 6 nitrogen and oxygen atoms in total. The Kier molecular flexibility index (Phi) is 7.45. The second-order valence-electron chi connectivity index (χ2n) is 6.84. The van der Waals surface area contributed by atoms with E-state index < -0.39 is 16.1 Å². The van der Waals surface area contributed by atoms with E-state index in [0.29, 0.717) is 17.2 Å². The van der Waals surface area contributed by atoms with E-state index in [1.165, 1.54) is 0 Å². The average molecular weight is 405 g/mol. The van der Waals surface area contributed by atoms with Crippen LogP contribution in [0.4, 0.5) is 5.69 Å². The minimum atomic E-state index is -3.65. The van der Waals surface area contributed by atoms with Crippen molar-refractivity contribution in [2.24, 2.45) is 0 Å². The lowest BCUT2D eigenvalue weighted by atomic mass is 10.2. The zero-order valence-corrected chi connectivity index (χ0v) is 17.6. The molecule has 7 heteroatoms. The van der Waals surface area contributed by atoms with E-state index in [1.807, 2.05) is 44.2 Å². The van der Waals surface area contributed by atoms with Crippen LogP contribution in [-0.4, -0.2) is 32.7 Å². The van der Waals surface area contributed by atoms with Gasteiger partial charge in [0.2, 0.25) is 15.9 Å². The summed E-state index contributed by atoms with van der Waals surface area (Å²) in [5.74, 6) is 0.945. The molecule has 2 aromatic rings. The van der Waals surface area contributed by atoms with Gasteiger partial charge in [-0.2, -0.15) is 0 Å². The number of sulfonamides is 1. The Balaban J connectivity index is 2.20. The summed E-state index contributed by atoms with van der Waals surface area (Å²) in [7, 11) is -3.65. The Bertz CT molecular complexity index is 867. The van der Waals surface area contributed by atoms with E-state index in [4.69, 9.17) is 4.74 Å². The Morgan fingerprint density at radius 2 is 1.61 bits per heavy atom. The van der Waals surface area contributed by atoms with E-state index >= 15 is 0 Å². The van der Waals surface area contributed by atoms with Gasteiger partial charge in [0.15, 0.2) is 0 Å². The normalized spacial score (nSPS) is 13.4. The van der Waals surface area contributed by atoms with Crippen molar-refractivity contribution in [3.8, 4) is 11.5 Å². The van der Waals surface area contributed by atoms with Gasteiger partial charge in [0, 0.05) is 6.04 Å². The van der Waals surface area contributed by atoms with Crippen LogP contribution in [0, 0.1) is 0 Å². The van der Waals surface area contributed by atoms with Crippen molar-refractivity contribution in [2.75, 3.05) is 10.6 Å². The number of carbonyl (C=O) groups excluding carboxylic acids is 1. The molecule has 0 spiro atoms. The Morgan fingerprint density at radius 1 is 1.04 bits per heavy atom. The summed E-state index contributed by atoms with van der Waals surface area (Å²) in [6.45, 7) is 5.53. The zero-order chi connectivity index (χ0) is 20.7.